The highest BCUT2D eigenvalue weighted by atomic mass is 32.2. The topological polar surface area (TPSA) is 61.8 Å². The molecule has 1 unspecified atom stereocenters. The second-order valence-corrected chi connectivity index (χ2v) is 7.24. The van der Waals surface area contributed by atoms with Gasteiger partial charge in [0.05, 0.1) is 6.04 Å². The summed E-state index contributed by atoms with van der Waals surface area (Å²) < 4.78 is 61.9. The molecule has 0 aromatic heterocycles. The number of alkyl halides is 3. The average Bonchev–Trinajstić information content (AvgIpc) is 2.66. The quantitative estimate of drug-likeness (QED) is 0.858. The van der Waals surface area contributed by atoms with E-state index in [1.165, 1.54) is 0 Å². The van der Waals surface area contributed by atoms with E-state index < -0.39 is 28.0 Å². The Morgan fingerprint density at radius 1 is 1.38 bits per heavy atom. The van der Waals surface area contributed by atoms with Crippen molar-refractivity contribution in [1.29, 1.82) is 0 Å². The van der Waals surface area contributed by atoms with Crippen LogP contribution in [-0.2, 0) is 10.0 Å². The van der Waals surface area contributed by atoms with Gasteiger partial charge in [0.1, 0.15) is 5.84 Å². The van der Waals surface area contributed by atoms with Crippen LogP contribution in [0.2, 0.25) is 0 Å². The highest BCUT2D eigenvalue weighted by Crippen LogP contribution is 2.31. The zero-order valence-corrected chi connectivity index (χ0v) is 12.8. The molecule has 0 aliphatic carbocycles. The van der Waals surface area contributed by atoms with Crippen LogP contribution in [0, 0.1) is 0 Å². The minimum Gasteiger partial charge on any atom is -0.332 e. The lowest BCUT2D eigenvalue weighted by Crippen LogP contribution is -2.42. The first-order valence-corrected chi connectivity index (χ1v) is 8.22. The van der Waals surface area contributed by atoms with E-state index in [0.29, 0.717) is 13.0 Å². The summed E-state index contributed by atoms with van der Waals surface area (Å²) in [6.45, 7) is 5.97. The molecule has 0 aromatic carbocycles. The minimum atomic E-state index is -4.74. The standard InChI is InChI=1S/C12H18F3N3O2S/c1-7-8(2)16-9(3)18-5-10(4-11(7)18)17-21(19,20)6-12(13,14)15/h8,10,17H,4-6H2,1-3H3/t8-,10?/m0/s1. The fourth-order valence-electron chi connectivity index (χ4n) is 2.72. The van der Waals surface area contributed by atoms with Crippen molar-refractivity contribution < 1.29 is 21.6 Å². The molecule has 1 saturated heterocycles. The summed E-state index contributed by atoms with van der Waals surface area (Å²) in [5.74, 6) is -1.08. The molecule has 0 bridgehead atoms. The predicted molar refractivity (Wildman–Crippen MR) is 73.4 cm³/mol. The molecule has 0 radical (unpaired) electrons. The van der Waals surface area contributed by atoms with Crippen molar-refractivity contribution in [2.75, 3.05) is 12.3 Å². The lowest BCUT2D eigenvalue weighted by molar-refractivity contribution is -0.106. The normalized spacial score (nSPS) is 27.0. The first-order valence-electron chi connectivity index (χ1n) is 6.57. The number of halogens is 3. The molecule has 9 heteroatoms. The Labute approximate surface area is 122 Å². The van der Waals surface area contributed by atoms with E-state index in [1.807, 2.05) is 25.7 Å². The molecule has 1 N–H and O–H groups in total. The minimum absolute atomic E-state index is 0.0155. The zero-order valence-electron chi connectivity index (χ0n) is 12.0. The van der Waals surface area contributed by atoms with Crippen LogP contribution in [-0.4, -0.2) is 49.7 Å². The molecule has 0 amide bonds. The molecule has 120 valence electrons. The largest absolute Gasteiger partial charge is 0.404 e. The van der Waals surface area contributed by atoms with Crippen molar-refractivity contribution in [2.45, 2.75) is 45.5 Å². The van der Waals surface area contributed by atoms with Gasteiger partial charge >= 0.3 is 6.18 Å². The van der Waals surface area contributed by atoms with Gasteiger partial charge in [-0.25, -0.2) is 13.1 Å². The van der Waals surface area contributed by atoms with Gasteiger partial charge < -0.3 is 4.90 Å². The summed E-state index contributed by atoms with van der Waals surface area (Å²) in [7, 11) is -4.38. The summed E-state index contributed by atoms with van der Waals surface area (Å²) in [6, 6.07) is -0.542. The van der Waals surface area contributed by atoms with Gasteiger partial charge in [-0.05, 0) is 26.3 Å². The third-order valence-electron chi connectivity index (χ3n) is 3.72. The lowest BCUT2D eigenvalue weighted by Gasteiger charge is -2.28. The first kappa shape index (κ1) is 16.3. The molecule has 2 atom stereocenters. The number of nitrogens with zero attached hydrogens (tertiary/aromatic N) is 2. The van der Waals surface area contributed by atoms with Crippen molar-refractivity contribution >= 4 is 15.9 Å². The molecule has 2 rings (SSSR count). The molecule has 1 fully saturated rings. The second kappa shape index (κ2) is 5.28. The van der Waals surface area contributed by atoms with Gasteiger partial charge in [0.2, 0.25) is 10.0 Å². The Kier molecular flexibility index (Phi) is 4.09. The summed E-state index contributed by atoms with van der Waals surface area (Å²) >= 11 is 0. The molecule has 5 nitrogen and oxygen atoms in total. The Morgan fingerprint density at radius 2 is 2.00 bits per heavy atom. The van der Waals surface area contributed by atoms with E-state index in [4.69, 9.17) is 0 Å². The van der Waals surface area contributed by atoms with Crippen LogP contribution in [0.3, 0.4) is 0 Å². The SMILES string of the molecule is CC1=N[C@@H](C)C(C)=C2CC(NS(=O)(=O)CC(F)(F)F)CN12. The third-order valence-corrected chi connectivity index (χ3v) is 5.12. The Balaban J connectivity index is 2.12. The number of amidine groups is 1. The maximum absolute atomic E-state index is 12.2. The van der Waals surface area contributed by atoms with E-state index in [0.717, 1.165) is 17.1 Å². The number of aliphatic imine (C=N–C) groups is 1. The number of sulfonamides is 1. The smallest absolute Gasteiger partial charge is 0.332 e. The van der Waals surface area contributed by atoms with E-state index in [9.17, 15) is 21.6 Å². The number of hydrogen-bond acceptors (Lipinski definition) is 4. The van der Waals surface area contributed by atoms with Gasteiger partial charge in [0, 0.05) is 24.7 Å². The Hall–Kier alpha value is -1.09. The fourth-order valence-corrected chi connectivity index (χ4v) is 3.90. The highest BCUT2D eigenvalue weighted by Gasteiger charge is 2.39. The Bertz CT molecular complexity index is 595. The predicted octanol–water partition coefficient (Wildman–Crippen LogP) is 1.64. The number of hydrogen-bond donors (Lipinski definition) is 1. The van der Waals surface area contributed by atoms with Crippen LogP contribution >= 0.6 is 0 Å². The summed E-state index contributed by atoms with van der Waals surface area (Å²) in [6.07, 6.45) is -4.35. The second-order valence-electron chi connectivity index (χ2n) is 5.49. The first-order chi connectivity index (χ1) is 9.48. The zero-order chi connectivity index (χ0) is 16.0. The molecular formula is C12H18F3N3O2S. The van der Waals surface area contributed by atoms with E-state index in [2.05, 4.69) is 9.71 Å². The van der Waals surface area contributed by atoms with Gasteiger partial charge in [0.25, 0.3) is 0 Å². The van der Waals surface area contributed by atoms with Crippen LogP contribution in [0.25, 0.3) is 0 Å². The van der Waals surface area contributed by atoms with Gasteiger partial charge in [-0.15, -0.1) is 0 Å². The molecular weight excluding hydrogens is 307 g/mol. The monoisotopic (exact) mass is 325 g/mol. The van der Waals surface area contributed by atoms with Crippen LogP contribution in [0.5, 0.6) is 0 Å². The number of fused-ring (bicyclic) bond motifs is 1. The molecule has 0 aromatic rings. The molecule has 0 saturated carbocycles. The van der Waals surface area contributed by atoms with Crippen molar-refractivity contribution in [2.24, 2.45) is 4.99 Å². The van der Waals surface area contributed by atoms with Crippen LogP contribution in [0.15, 0.2) is 16.3 Å². The highest BCUT2D eigenvalue weighted by molar-refractivity contribution is 7.89. The molecule has 2 aliphatic heterocycles. The van der Waals surface area contributed by atoms with Gasteiger partial charge in [-0.1, -0.05) is 0 Å². The summed E-state index contributed by atoms with van der Waals surface area (Å²) in [5.41, 5.74) is 1.98. The van der Waals surface area contributed by atoms with Gasteiger partial charge in [-0.3, -0.25) is 4.99 Å². The van der Waals surface area contributed by atoms with E-state index in [1.54, 1.807) is 0 Å². The summed E-state index contributed by atoms with van der Waals surface area (Å²) in [5, 5.41) is 0. The molecule has 2 aliphatic rings. The maximum Gasteiger partial charge on any atom is 0.404 e. The number of nitrogens with one attached hydrogen (secondary N) is 1. The third kappa shape index (κ3) is 3.76. The van der Waals surface area contributed by atoms with Gasteiger partial charge in [-0.2, -0.15) is 13.2 Å². The molecule has 2 heterocycles. The van der Waals surface area contributed by atoms with E-state index in [-0.39, 0.29) is 6.04 Å². The van der Waals surface area contributed by atoms with Gasteiger partial charge in [0.15, 0.2) is 5.75 Å². The van der Waals surface area contributed by atoms with Crippen molar-refractivity contribution in [3.63, 3.8) is 0 Å². The van der Waals surface area contributed by atoms with Crippen LogP contribution in [0.1, 0.15) is 27.2 Å². The lowest BCUT2D eigenvalue weighted by atomic mass is 10.0. The maximum atomic E-state index is 12.2. The average molecular weight is 325 g/mol. The van der Waals surface area contributed by atoms with Crippen molar-refractivity contribution in [1.82, 2.24) is 9.62 Å². The fraction of sp³-hybridized carbons (Fsp3) is 0.750. The summed E-state index contributed by atoms with van der Waals surface area (Å²) in [4.78, 5) is 6.30. The van der Waals surface area contributed by atoms with Crippen molar-refractivity contribution in [3.8, 4) is 0 Å². The van der Waals surface area contributed by atoms with Crippen LogP contribution in [0.4, 0.5) is 13.2 Å². The Morgan fingerprint density at radius 3 is 2.57 bits per heavy atom. The van der Waals surface area contributed by atoms with Crippen molar-refractivity contribution in [3.05, 3.63) is 11.3 Å². The number of rotatable bonds is 3. The van der Waals surface area contributed by atoms with Crippen LogP contribution < -0.4 is 4.72 Å². The molecule has 21 heavy (non-hydrogen) atoms. The molecule has 0 spiro atoms. The van der Waals surface area contributed by atoms with E-state index >= 15 is 0 Å².